The largest absolute Gasteiger partial charge is 0.508 e. The Hall–Kier alpha value is -4.04. The number of halogens is 1. The van der Waals surface area contributed by atoms with Gasteiger partial charge in [-0.25, -0.2) is 4.79 Å². The van der Waals surface area contributed by atoms with Crippen LogP contribution in [0.25, 0.3) is 0 Å². The number of hydrogen-bond acceptors (Lipinski definition) is 6. The predicted molar refractivity (Wildman–Crippen MR) is 134 cm³/mol. The molecule has 0 bridgehead atoms. The third-order valence-corrected chi connectivity index (χ3v) is 5.63. The van der Waals surface area contributed by atoms with Gasteiger partial charge in [0.2, 0.25) is 0 Å². The lowest BCUT2D eigenvalue weighted by atomic mass is 10.0. The number of esters is 1. The number of phenolic OH excluding ortho intramolecular Hbond substituents is 1. The van der Waals surface area contributed by atoms with Crippen molar-refractivity contribution in [3.8, 4) is 5.75 Å². The summed E-state index contributed by atoms with van der Waals surface area (Å²) in [5.41, 5.74) is 2.88. The second kappa shape index (κ2) is 11.9. The molecular weight excluding hydrogens is 470 g/mol. The first kappa shape index (κ1) is 25.6. The Morgan fingerprint density at radius 1 is 0.971 bits per heavy atom. The summed E-state index contributed by atoms with van der Waals surface area (Å²) >= 11 is 6.30. The van der Waals surface area contributed by atoms with Crippen molar-refractivity contribution in [3.63, 3.8) is 0 Å². The minimum Gasteiger partial charge on any atom is -0.508 e. The molecule has 0 spiro atoms. The van der Waals surface area contributed by atoms with E-state index in [1.165, 1.54) is 25.3 Å². The average molecular weight is 496 g/mol. The van der Waals surface area contributed by atoms with Gasteiger partial charge < -0.3 is 25.8 Å². The standard InChI is InChI=1S/C26H26ClN3O5/c1-28-19-9-6-16(7-10-19)13-23(26(34)35-2)30-25(33)21-11-8-18(14-22(21)27)24(32)29-15-17-4-3-5-20(31)12-17/h3-12,14,23,28,31H,13,15H2,1-2H3,(H,29,32)(H,30,33). The number of rotatable bonds is 9. The van der Waals surface area contributed by atoms with E-state index in [0.717, 1.165) is 16.8 Å². The zero-order chi connectivity index (χ0) is 25.4. The van der Waals surface area contributed by atoms with Crippen molar-refractivity contribution in [2.24, 2.45) is 0 Å². The first-order valence-electron chi connectivity index (χ1n) is 10.8. The molecule has 8 nitrogen and oxygen atoms in total. The molecule has 4 N–H and O–H groups in total. The molecule has 2 amide bonds. The zero-order valence-electron chi connectivity index (χ0n) is 19.3. The molecule has 0 aliphatic heterocycles. The van der Waals surface area contributed by atoms with Crippen molar-refractivity contribution in [2.45, 2.75) is 19.0 Å². The van der Waals surface area contributed by atoms with Crippen LogP contribution in [-0.4, -0.2) is 43.1 Å². The molecule has 0 saturated heterocycles. The minimum atomic E-state index is -0.922. The highest BCUT2D eigenvalue weighted by molar-refractivity contribution is 6.34. The van der Waals surface area contributed by atoms with Crippen LogP contribution in [-0.2, 0) is 22.5 Å². The molecule has 1 unspecified atom stereocenters. The maximum absolute atomic E-state index is 12.9. The molecular formula is C26H26ClN3O5. The van der Waals surface area contributed by atoms with Gasteiger partial charge in [-0.15, -0.1) is 0 Å². The van der Waals surface area contributed by atoms with Crippen LogP contribution in [0.5, 0.6) is 5.75 Å². The lowest BCUT2D eigenvalue weighted by Gasteiger charge is -2.17. The van der Waals surface area contributed by atoms with Crippen LogP contribution < -0.4 is 16.0 Å². The summed E-state index contributed by atoms with van der Waals surface area (Å²) in [5, 5.41) is 18.0. The minimum absolute atomic E-state index is 0.0643. The van der Waals surface area contributed by atoms with Crippen molar-refractivity contribution < 1.29 is 24.2 Å². The molecule has 3 aromatic rings. The van der Waals surface area contributed by atoms with E-state index in [1.54, 1.807) is 31.3 Å². The van der Waals surface area contributed by atoms with Gasteiger partial charge in [-0.3, -0.25) is 9.59 Å². The number of methoxy groups -OCH3 is 1. The first-order valence-corrected chi connectivity index (χ1v) is 11.2. The van der Waals surface area contributed by atoms with Gasteiger partial charge in [-0.2, -0.15) is 0 Å². The molecule has 3 aromatic carbocycles. The molecule has 182 valence electrons. The van der Waals surface area contributed by atoms with E-state index < -0.39 is 17.9 Å². The van der Waals surface area contributed by atoms with E-state index in [-0.39, 0.29) is 40.8 Å². The summed E-state index contributed by atoms with van der Waals surface area (Å²) in [6.07, 6.45) is 0.232. The Morgan fingerprint density at radius 3 is 2.34 bits per heavy atom. The summed E-state index contributed by atoms with van der Waals surface area (Å²) in [6.45, 7) is 0.212. The van der Waals surface area contributed by atoms with Crippen molar-refractivity contribution in [1.29, 1.82) is 0 Å². The van der Waals surface area contributed by atoms with Crippen molar-refractivity contribution in [3.05, 3.63) is 94.0 Å². The summed E-state index contributed by atoms with van der Waals surface area (Å²) in [7, 11) is 3.06. The van der Waals surface area contributed by atoms with Crippen molar-refractivity contribution >= 4 is 35.1 Å². The summed E-state index contributed by atoms with van der Waals surface area (Å²) in [4.78, 5) is 37.7. The second-order valence-corrected chi connectivity index (χ2v) is 8.15. The lowest BCUT2D eigenvalue weighted by Crippen LogP contribution is -2.43. The van der Waals surface area contributed by atoms with Gasteiger partial charge in [0.15, 0.2) is 0 Å². The number of carbonyl (C=O) groups excluding carboxylic acids is 3. The number of aromatic hydroxyl groups is 1. The quantitative estimate of drug-likeness (QED) is 0.337. The van der Waals surface area contributed by atoms with Gasteiger partial charge in [0, 0.05) is 31.3 Å². The van der Waals surface area contributed by atoms with Crippen LogP contribution in [0.3, 0.4) is 0 Å². The molecule has 3 rings (SSSR count). The Balaban J connectivity index is 1.67. The third-order valence-electron chi connectivity index (χ3n) is 5.31. The number of phenols is 1. The molecule has 1 atom stereocenters. The highest BCUT2D eigenvalue weighted by Crippen LogP contribution is 2.19. The number of nitrogens with one attached hydrogen (secondary N) is 3. The number of anilines is 1. The van der Waals surface area contributed by atoms with E-state index in [1.807, 2.05) is 24.3 Å². The van der Waals surface area contributed by atoms with Crippen LogP contribution in [0.2, 0.25) is 5.02 Å². The molecule has 0 heterocycles. The van der Waals surface area contributed by atoms with Crippen LogP contribution in [0, 0.1) is 0 Å². The second-order valence-electron chi connectivity index (χ2n) is 7.75. The maximum Gasteiger partial charge on any atom is 0.328 e. The fourth-order valence-electron chi connectivity index (χ4n) is 3.41. The number of benzene rings is 3. The number of ether oxygens (including phenoxy) is 1. The number of hydrogen-bond donors (Lipinski definition) is 4. The fraction of sp³-hybridized carbons (Fsp3) is 0.192. The van der Waals surface area contributed by atoms with E-state index >= 15 is 0 Å². The van der Waals surface area contributed by atoms with Gasteiger partial charge >= 0.3 is 5.97 Å². The van der Waals surface area contributed by atoms with Gasteiger partial charge in [-0.05, 0) is 53.6 Å². The summed E-state index contributed by atoms with van der Waals surface area (Å²) in [5.74, 6) is -1.44. The van der Waals surface area contributed by atoms with Crippen LogP contribution in [0.15, 0.2) is 66.7 Å². The van der Waals surface area contributed by atoms with E-state index in [0.29, 0.717) is 0 Å². The topological polar surface area (TPSA) is 117 Å². The van der Waals surface area contributed by atoms with E-state index in [4.69, 9.17) is 16.3 Å². The maximum atomic E-state index is 12.9. The SMILES string of the molecule is CNc1ccc(CC(NC(=O)c2ccc(C(=O)NCc3cccc(O)c3)cc2Cl)C(=O)OC)cc1. The van der Waals surface area contributed by atoms with Crippen LogP contribution >= 0.6 is 11.6 Å². The number of carbonyl (C=O) groups is 3. The predicted octanol–water partition coefficient (Wildman–Crippen LogP) is 3.53. The molecule has 0 saturated carbocycles. The fourth-order valence-corrected chi connectivity index (χ4v) is 3.67. The summed E-state index contributed by atoms with van der Waals surface area (Å²) < 4.78 is 4.85. The highest BCUT2D eigenvalue weighted by Gasteiger charge is 2.24. The van der Waals surface area contributed by atoms with Crippen molar-refractivity contribution in [2.75, 3.05) is 19.5 Å². The zero-order valence-corrected chi connectivity index (χ0v) is 20.1. The molecule has 0 radical (unpaired) electrons. The molecule has 35 heavy (non-hydrogen) atoms. The van der Waals surface area contributed by atoms with Crippen LogP contribution in [0.4, 0.5) is 5.69 Å². The summed E-state index contributed by atoms with van der Waals surface area (Å²) in [6, 6.07) is 17.3. The molecule has 9 heteroatoms. The van der Waals surface area contributed by atoms with Gasteiger partial charge in [0.1, 0.15) is 11.8 Å². The molecule has 0 aromatic heterocycles. The van der Waals surface area contributed by atoms with Gasteiger partial charge in [0.05, 0.1) is 17.7 Å². The van der Waals surface area contributed by atoms with E-state index in [2.05, 4.69) is 16.0 Å². The normalized spacial score (nSPS) is 11.3. The van der Waals surface area contributed by atoms with Gasteiger partial charge in [-0.1, -0.05) is 35.9 Å². The number of amides is 2. The van der Waals surface area contributed by atoms with E-state index in [9.17, 15) is 19.5 Å². The Kier molecular flexibility index (Phi) is 8.69. The molecule has 0 fully saturated rings. The third kappa shape index (κ3) is 6.97. The molecule has 0 aliphatic carbocycles. The highest BCUT2D eigenvalue weighted by atomic mass is 35.5. The Bertz CT molecular complexity index is 1210. The monoisotopic (exact) mass is 495 g/mol. The van der Waals surface area contributed by atoms with Gasteiger partial charge in [0.25, 0.3) is 11.8 Å². The smallest absolute Gasteiger partial charge is 0.328 e. The molecule has 0 aliphatic rings. The van der Waals surface area contributed by atoms with Crippen molar-refractivity contribution in [1.82, 2.24) is 10.6 Å². The average Bonchev–Trinajstić information content (AvgIpc) is 2.86. The Morgan fingerprint density at radius 2 is 1.71 bits per heavy atom. The lowest BCUT2D eigenvalue weighted by molar-refractivity contribution is -0.142. The first-order chi connectivity index (χ1) is 16.8. The van der Waals surface area contributed by atoms with Crippen LogP contribution in [0.1, 0.15) is 31.8 Å². The Labute approximate surface area is 208 Å².